The topological polar surface area (TPSA) is 83.5 Å². The van der Waals surface area contributed by atoms with Gasteiger partial charge in [0.2, 0.25) is 0 Å². The molecule has 0 radical (unpaired) electrons. The van der Waals surface area contributed by atoms with Gasteiger partial charge in [0.15, 0.2) is 5.75 Å². The molecule has 0 amide bonds. The van der Waals surface area contributed by atoms with Crippen LogP contribution < -0.4 is 19.7 Å². The lowest BCUT2D eigenvalue weighted by Gasteiger charge is -2.24. The summed E-state index contributed by atoms with van der Waals surface area (Å²) in [4.78, 5) is 14.1. The van der Waals surface area contributed by atoms with Crippen molar-refractivity contribution in [2.45, 2.75) is 26.1 Å². The number of carbonyl (C=O) groups excluding carboxylic acids is 1. The first-order chi connectivity index (χ1) is 16.1. The van der Waals surface area contributed by atoms with E-state index in [1.54, 1.807) is 19.2 Å². The summed E-state index contributed by atoms with van der Waals surface area (Å²) < 4.78 is 17.3. The van der Waals surface area contributed by atoms with Gasteiger partial charge in [0.05, 0.1) is 18.9 Å². The zero-order valence-corrected chi connectivity index (χ0v) is 18.6. The van der Waals surface area contributed by atoms with Crippen molar-refractivity contribution in [3.63, 3.8) is 0 Å². The molecule has 2 aromatic rings. The van der Waals surface area contributed by atoms with Gasteiger partial charge in [0.25, 0.3) is 0 Å². The highest BCUT2D eigenvalue weighted by atomic mass is 16.5. The zero-order chi connectivity index (χ0) is 23.0. The molecule has 2 aliphatic rings. The number of hydrogen-bond donors (Lipinski definition) is 2. The number of nitrogens with one attached hydrogen (secondary N) is 1. The Morgan fingerprint density at radius 3 is 2.94 bits per heavy atom. The minimum atomic E-state index is -0.270. The molecule has 8 heteroatoms. The predicted octanol–water partition coefficient (Wildman–Crippen LogP) is 3.82. The highest BCUT2D eigenvalue weighted by molar-refractivity contribution is 5.77. The van der Waals surface area contributed by atoms with Crippen molar-refractivity contribution in [3.05, 3.63) is 72.5 Å². The Morgan fingerprint density at radius 2 is 2.09 bits per heavy atom. The molecule has 0 aromatic heterocycles. The molecule has 1 unspecified atom stereocenters. The number of nitrogens with zero attached hydrogens (tertiary/aromatic N) is 2. The van der Waals surface area contributed by atoms with Crippen LogP contribution in [0.25, 0.3) is 0 Å². The number of hydroxylamine groups is 2. The van der Waals surface area contributed by atoms with Crippen LogP contribution in [0.15, 0.2) is 66.9 Å². The minimum absolute atomic E-state index is 0.149. The number of anilines is 1. The van der Waals surface area contributed by atoms with Crippen LogP contribution in [-0.2, 0) is 16.1 Å². The molecule has 0 aliphatic carbocycles. The monoisotopic (exact) mass is 451 g/mol. The molecule has 174 valence electrons. The van der Waals surface area contributed by atoms with E-state index >= 15 is 0 Å². The molecule has 2 aromatic carbocycles. The lowest BCUT2D eigenvalue weighted by Crippen LogP contribution is -2.41. The average molecular weight is 452 g/mol. The van der Waals surface area contributed by atoms with Crippen LogP contribution in [0.1, 0.15) is 18.9 Å². The Labute approximate surface area is 193 Å². The Morgan fingerprint density at radius 1 is 1.21 bits per heavy atom. The van der Waals surface area contributed by atoms with Crippen molar-refractivity contribution < 1.29 is 24.2 Å². The molecular weight excluding hydrogens is 422 g/mol. The summed E-state index contributed by atoms with van der Waals surface area (Å²) in [6.45, 7) is 4.04. The number of esters is 1. The number of rotatable bonds is 9. The quantitative estimate of drug-likeness (QED) is 0.440. The molecule has 0 bridgehead atoms. The summed E-state index contributed by atoms with van der Waals surface area (Å²) in [5, 5.41) is 14.1. The zero-order valence-electron chi connectivity index (χ0n) is 18.6. The van der Waals surface area contributed by atoms with Crippen molar-refractivity contribution in [2.75, 3.05) is 31.2 Å². The maximum absolute atomic E-state index is 12.1. The minimum Gasteiger partial charge on any atom is -0.493 e. The van der Waals surface area contributed by atoms with Gasteiger partial charge in [-0.1, -0.05) is 18.2 Å². The van der Waals surface area contributed by atoms with Crippen LogP contribution in [0.4, 0.5) is 5.69 Å². The number of hydrogen-bond acceptors (Lipinski definition) is 8. The third kappa shape index (κ3) is 5.85. The van der Waals surface area contributed by atoms with Gasteiger partial charge >= 0.3 is 5.97 Å². The third-order valence-electron chi connectivity index (χ3n) is 5.32. The highest BCUT2D eigenvalue weighted by Gasteiger charge is 2.23. The SMILES string of the molecule is CCOC(=O)CN1Cc2ccc(OCCCNC3C=CC=CN3O)cc2Oc2ccccc21. The smallest absolute Gasteiger partial charge is 0.325 e. The first kappa shape index (κ1) is 22.7. The molecule has 2 N–H and O–H groups in total. The molecule has 2 heterocycles. The molecule has 0 saturated heterocycles. The summed E-state index contributed by atoms with van der Waals surface area (Å²) in [6, 6.07) is 13.4. The highest BCUT2D eigenvalue weighted by Crippen LogP contribution is 2.40. The van der Waals surface area contributed by atoms with Crippen molar-refractivity contribution in [1.29, 1.82) is 0 Å². The first-order valence-corrected chi connectivity index (χ1v) is 11.1. The second kappa shape index (κ2) is 10.9. The Hall–Kier alpha value is -3.49. The van der Waals surface area contributed by atoms with Gasteiger partial charge in [-0.3, -0.25) is 15.3 Å². The lowest BCUT2D eigenvalue weighted by molar-refractivity contribution is -0.141. The van der Waals surface area contributed by atoms with Crippen LogP contribution in [0.2, 0.25) is 0 Å². The maximum atomic E-state index is 12.1. The van der Waals surface area contributed by atoms with E-state index in [1.165, 1.54) is 0 Å². The largest absolute Gasteiger partial charge is 0.493 e. The van der Waals surface area contributed by atoms with Crippen LogP contribution in [0.3, 0.4) is 0 Å². The third-order valence-corrected chi connectivity index (χ3v) is 5.32. The van der Waals surface area contributed by atoms with Crippen molar-refractivity contribution in [3.8, 4) is 17.2 Å². The van der Waals surface area contributed by atoms with Crippen LogP contribution in [0, 0.1) is 0 Å². The summed E-state index contributed by atoms with van der Waals surface area (Å²) >= 11 is 0. The number of carbonyl (C=O) groups is 1. The van der Waals surface area contributed by atoms with E-state index < -0.39 is 0 Å². The van der Waals surface area contributed by atoms with Gasteiger partial charge in [-0.2, -0.15) is 0 Å². The van der Waals surface area contributed by atoms with Gasteiger partial charge in [-0.25, -0.2) is 5.06 Å². The van der Waals surface area contributed by atoms with Gasteiger partial charge in [0, 0.05) is 30.9 Å². The van der Waals surface area contributed by atoms with Crippen LogP contribution >= 0.6 is 0 Å². The van der Waals surface area contributed by atoms with Gasteiger partial charge < -0.3 is 19.1 Å². The standard InChI is InChI=1S/C25H29N3O5/c1-2-31-25(29)18-27-17-19-11-12-20(16-23(19)33-22-9-4-3-8-21(22)27)32-15-7-13-26-24-10-5-6-14-28(24)30/h3-6,8-12,14,16,24,26,30H,2,7,13,15,17-18H2,1H3. The molecule has 1 atom stereocenters. The second-order valence-corrected chi connectivity index (χ2v) is 7.71. The van der Waals surface area contributed by atoms with Crippen molar-refractivity contribution in [1.82, 2.24) is 10.4 Å². The number of para-hydroxylation sites is 2. The molecule has 0 fully saturated rings. The molecule has 33 heavy (non-hydrogen) atoms. The van der Waals surface area contributed by atoms with Crippen molar-refractivity contribution in [2.24, 2.45) is 0 Å². The fraction of sp³-hybridized carbons (Fsp3) is 0.320. The second-order valence-electron chi connectivity index (χ2n) is 7.71. The normalized spacial score (nSPS) is 16.5. The fourth-order valence-corrected chi connectivity index (χ4v) is 3.73. The Balaban J connectivity index is 1.37. The first-order valence-electron chi connectivity index (χ1n) is 11.1. The fourth-order valence-electron chi connectivity index (χ4n) is 3.73. The number of benzene rings is 2. The molecule has 8 nitrogen and oxygen atoms in total. The van der Waals surface area contributed by atoms with Crippen molar-refractivity contribution >= 4 is 11.7 Å². The van der Waals surface area contributed by atoms with Gasteiger partial charge in [0.1, 0.15) is 24.2 Å². The molecule has 0 spiro atoms. The van der Waals surface area contributed by atoms with E-state index in [9.17, 15) is 10.0 Å². The van der Waals surface area contributed by atoms with E-state index in [-0.39, 0.29) is 18.7 Å². The number of fused-ring (bicyclic) bond motifs is 2. The lowest BCUT2D eigenvalue weighted by atomic mass is 10.1. The van der Waals surface area contributed by atoms with Crippen LogP contribution in [0.5, 0.6) is 17.2 Å². The molecular formula is C25H29N3O5. The summed E-state index contributed by atoms with van der Waals surface area (Å²) in [7, 11) is 0. The summed E-state index contributed by atoms with van der Waals surface area (Å²) in [5.41, 5.74) is 1.81. The average Bonchev–Trinajstić information content (AvgIpc) is 2.96. The number of allylic oxidation sites excluding steroid dienone is 2. The Bertz CT molecular complexity index is 1020. The summed E-state index contributed by atoms with van der Waals surface area (Å²) in [5.74, 6) is 1.84. The van der Waals surface area contributed by atoms with Gasteiger partial charge in [-0.05, 0) is 49.8 Å². The van der Waals surface area contributed by atoms with E-state index in [0.29, 0.717) is 43.6 Å². The van der Waals surface area contributed by atoms with Gasteiger partial charge in [-0.15, -0.1) is 0 Å². The molecule has 0 saturated carbocycles. The molecule has 2 aliphatic heterocycles. The predicted molar refractivity (Wildman–Crippen MR) is 124 cm³/mol. The van der Waals surface area contributed by atoms with E-state index in [2.05, 4.69) is 5.32 Å². The summed E-state index contributed by atoms with van der Waals surface area (Å²) in [6.07, 6.45) is 7.70. The van der Waals surface area contributed by atoms with Crippen LogP contribution in [-0.4, -0.2) is 48.7 Å². The number of ether oxygens (including phenoxy) is 3. The van der Waals surface area contributed by atoms with E-state index in [4.69, 9.17) is 14.2 Å². The Kier molecular flexibility index (Phi) is 7.49. The maximum Gasteiger partial charge on any atom is 0.325 e. The van der Waals surface area contributed by atoms with E-state index in [0.717, 1.165) is 22.7 Å². The molecule has 4 rings (SSSR count). The van der Waals surface area contributed by atoms with E-state index in [1.807, 2.05) is 59.5 Å².